The van der Waals surface area contributed by atoms with E-state index in [4.69, 9.17) is 0 Å². The van der Waals surface area contributed by atoms with Crippen molar-refractivity contribution in [3.63, 3.8) is 0 Å². The first-order valence-corrected chi connectivity index (χ1v) is 11.5. The number of aromatic nitrogens is 3. The molecule has 2 amide bonds. The summed E-state index contributed by atoms with van der Waals surface area (Å²) in [4.78, 5) is 24.4. The van der Waals surface area contributed by atoms with Crippen LogP contribution in [0.1, 0.15) is 43.6 Å². The third-order valence-electron chi connectivity index (χ3n) is 4.92. The number of nitrogens with one attached hydrogen (secondary N) is 2. The standard InChI is InChI=1S/C24H29N5O2S/c1-6-25-22(31)17-8-7-9-19(14-17)26-20(30)15-32-23-28-27-21(29(23)5)16-10-12-18(13-11-16)24(2,3)4/h7-14H,6,15H2,1-5H3,(H,25,31)(H,26,30). The number of nitrogens with zero attached hydrogens (tertiary/aromatic N) is 3. The SMILES string of the molecule is CCNC(=O)c1cccc(NC(=O)CSc2nnc(-c3ccc(C(C)(C)C)cc3)n2C)c1. The summed E-state index contributed by atoms with van der Waals surface area (Å²) in [5.41, 5.74) is 3.41. The Balaban J connectivity index is 1.62. The molecule has 1 heterocycles. The van der Waals surface area contributed by atoms with Crippen LogP contribution >= 0.6 is 11.8 Å². The molecular formula is C24H29N5O2S. The lowest BCUT2D eigenvalue weighted by Gasteiger charge is -2.19. The largest absolute Gasteiger partial charge is 0.352 e. The van der Waals surface area contributed by atoms with Gasteiger partial charge in [-0.3, -0.25) is 9.59 Å². The van der Waals surface area contributed by atoms with Crippen molar-refractivity contribution in [1.29, 1.82) is 0 Å². The van der Waals surface area contributed by atoms with Crippen molar-refractivity contribution in [2.45, 2.75) is 38.3 Å². The molecule has 0 unspecified atom stereocenters. The Hall–Kier alpha value is -3.13. The maximum atomic E-state index is 12.4. The van der Waals surface area contributed by atoms with E-state index in [1.807, 2.05) is 30.7 Å². The smallest absolute Gasteiger partial charge is 0.251 e. The fraction of sp³-hybridized carbons (Fsp3) is 0.333. The van der Waals surface area contributed by atoms with Gasteiger partial charge in [-0.05, 0) is 36.1 Å². The van der Waals surface area contributed by atoms with E-state index in [1.165, 1.54) is 17.3 Å². The summed E-state index contributed by atoms with van der Waals surface area (Å²) in [6, 6.07) is 15.2. The zero-order valence-corrected chi connectivity index (χ0v) is 19.9. The molecule has 0 fully saturated rings. The van der Waals surface area contributed by atoms with E-state index in [1.54, 1.807) is 24.3 Å². The minimum Gasteiger partial charge on any atom is -0.352 e. The Kier molecular flexibility index (Phi) is 7.35. The normalized spacial score (nSPS) is 11.3. The zero-order valence-electron chi connectivity index (χ0n) is 19.1. The molecule has 1 aromatic heterocycles. The molecule has 2 aromatic carbocycles. The van der Waals surface area contributed by atoms with Gasteiger partial charge in [-0.15, -0.1) is 10.2 Å². The van der Waals surface area contributed by atoms with Crippen LogP contribution in [0, 0.1) is 0 Å². The van der Waals surface area contributed by atoms with Gasteiger partial charge in [-0.2, -0.15) is 0 Å². The lowest BCUT2D eigenvalue weighted by molar-refractivity contribution is -0.113. The van der Waals surface area contributed by atoms with Crippen molar-refractivity contribution in [2.24, 2.45) is 7.05 Å². The second-order valence-corrected chi connectivity index (χ2v) is 9.41. The van der Waals surface area contributed by atoms with Gasteiger partial charge in [0.15, 0.2) is 11.0 Å². The number of rotatable bonds is 7. The van der Waals surface area contributed by atoms with Gasteiger partial charge in [0.05, 0.1) is 5.75 Å². The third kappa shape index (κ3) is 5.76. The van der Waals surface area contributed by atoms with Crippen LogP contribution in [0.4, 0.5) is 5.69 Å². The number of hydrogen-bond acceptors (Lipinski definition) is 5. The lowest BCUT2D eigenvalue weighted by Crippen LogP contribution is -2.23. The number of benzene rings is 2. The van der Waals surface area contributed by atoms with Crippen molar-refractivity contribution in [1.82, 2.24) is 20.1 Å². The number of thioether (sulfide) groups is 1. The summed E-state index contributed by atoms with van der Waals surface area (Å²) in [6.45, 7) is 8.95. The van der Waals surface area contributed by atoms with Crippen LogP contribution in [0.3, 0.4) is 0 Å². The molecular weight excluding hydrogens is 422 g/mol. The molecule has 0 saturated carbocycles. The predicted molar refractivity (Wildman–Crippen MR) is 129 cm³/mol. The Morgan fingerprint density at radius 1 is 1.06 bits per heavy atom. The average molecular weight is 452 g/mol. The Bertz CT molecular complexity index is 1100. The van der Waals surface area contributed by atoms with Gasteiger partial charge >= 0.3 is 0 Å². The minimum absolute atomic E-state index is 0.0894. The quantitative estimate of drug-likeness (QED) is 0.524. The number of anilines is 1. The molecule has 0 bridgehead atoms. The van der Waals surface area contributed by atoms with E-state index in [9.17, 15) is 9.59 Å². The summed E-state index contributed by atoms with van der Waals surface area (Å²) in [5.74, 6) is 0.589. The highest BCUT2D eigenvalue weighted by molar-refractivity contribution is 7.99. The van der Waals surface area contributed by atoms with Gasteiger partial charge < -0.3 is 15.2 Å². The third-order valence-corrected chi connectivity index (χ3v) is 5.94. The van der Waals surface area contributed by atoms with Gasteiger partial charge in [0.25, 0.3) is 5.91 Å². The fourth-order valence-corrected chi connectivity index (χ4v) is 3.85. The zero-order chi connectivity index (χ0) is 23.3. The van der Waals surface area contributed by atoms with Gasteiger partial charge in [-0.1, -0.05) is 62.9 Å². The van der Waals surface area contributed by atoms with E-state index in [2.05, 4.69) is 53.7 Å². The molecule has 0 aliphatic carbocycles. The van der Waals surface area contributed by atoms with Crippen LogP contribution in [-0.2, 0) is 17.3 Å². The first-order chi connectivity index (χ1) is 15.2. The molecule has 0 aliphatic rings. The Morgan fingerprint density at radius 2 is 1.78 bits per heavy atom. The van der Waals surface area contributed by atoms with Crippen LogP contribution in [0.5, 0.6) is 0 Å². The molecule has 3 rings (SSSR count). The highest BCUT2D eigenvalue weighted by Crippen LogP contribution is 2.27. The molecule has 0 atom stereocenters. The predicted octanol–water partition coefficient (Wildman–Crippen LogP) is 4.26. The van der Waals surface area contributed by atoms with Crippen LogP contribution < -0.4 is 10.6 Å². The number of amides is 2. The van der Waals surface area contributed by atoms with Crippen molar-refractivity contribution in [2.75, 3.05) is 17.6 Å². The summed E-state index contributed by atoms with van der Waals surface area (Å²) in [7, 11) is 1.89. The first kappa shape index (κ1) is 23.5. The molecule has 32 heavy (non-hydrogen) atoms. The number of carbonyl (C=O) groups excluding carboxylic acids is 2. The van der Waals surface area contributed by atoms with Crippen LogP contribution in [0.25, 0.3) is 11.4 Å². The summed E-state index contributed by atoms with van der Waals surface area (Å²) >= 11 is 1.31. The highest BCUT2D eigenvalue weighted by atomic mass is 32.2. The average Bonchev–Trinajstić information content (AvgIpc) is 3.12. The van der Waals surface area contributed by atoms with Crippen molar-refractivity contribution < 1.29 is 9.59 Å². The number of hydrogen-bond donors (Lipinski definition) is 2. The Labute approximate surface area is 193 Å². The van der Waals surface area contributed by atoms with Crippen molar-refractivity contribution in [3.05, 3.63) is 59.7 Å². The Morgan fingerprint density at radius 3 is 2.44 bits per heavy atom. The van der Waals surface area contributed by atoms with Crippen molar-refractivity contribution >= 4 is 29.3 Å². The van der Waals surface area contributed by atoms with E-state index in [0.29, 0.717) is 23.0 Å². The van der Waals surface area contributed by atoms with Crippen LogP contribution in [0.15, 0.2) is 53.7 Å². The summed E-state index contributed by atoms with van der Waals surface area (Å²) < 4.78 is 1.89. The van der Waals surface area contributed by atoms with E-state index in [0.717, 1.165) is 11.4 Å². The molecule has 3 aromatic rings. The van der Waals surface area contributed by atoms with Gasteiger partial charge in [0.2, 0.25) is 5.91 Å². The van der Waals surface area contributed by atoms with Crippen LogP contribution in [-0.4, -0.2) is 38.9 Å². The van der Waals surface area contributed by atoms with Gasteiger partial charge in [0.1, 0.15) is 0 Å². The van der Waals surface area contributed by atoms with Gasteiger partial charge in [0, 0.05) is 30.4 Å². The summed E-state index contributed by atoms with van der Waals surface area (Å²) in [6.07, 6.45) is 0. The van der Waals surface area contributed by atoms with Crippen LogP contribution in [0.2, 0.25) is 0 Å². The molecule has 0 spiro atoms. The van der Waals surface area contributed by atoms with E-state index < -0.39 is 0 Å². The summed E-state index contributed by atoms with van der Waals surface area (Å²) in [5, 5.41) is 14.8. The van der Waals surface area contributed by atoms with Crippen molar-refractivity contribution in [3.8, 4) is 11.4 Å². The first-order valence-electron chi connectivity index (χ1n) is 10.5. The second kappa shape index (κ2) is 9.99. The monoisotopic (exact) mass is 451 g/mol. The maximum absolute atomic E-state index is 12.4. The lowest BCUT2D eigenvalue weighted by atomic mass is 9.87. The molecule has 2 N–H and O–H groups in total. The van der Waals surface area contributed by atoms with E-state index in [-0.39, 0.29) is 23.0 Å². The maximum Gasteiger partial charge on any atom is 0.251 e. The number of carbonyl (C=O) groups is 2. The molecule has 0 radical (unpaired) electrons. The van der Waals surface area contributed by atoms with E-state index >= 15 is 0 Å². The van der Waals surface area contributed by atoms with Gasteiger partial charge in [-0.25, -0.2) is 0 Å². The molecule has 168 valence electrons. The fourth-order valence-electron chi connectivity index (χ4n) is 3.14. The highest BCUT2D eigenvalue weighted by Gasteiger charge is 2.16. The molecule has 0 aliphatic heterocycles. The minimum atomic E-state index is -0.179. The molecule has 0 saturated heterocycles. The molecule has 7 nitrogen and oxygen atoms in total. The topological polar surface area (TPSA) is 88.9 Å². The molecule has 8 heteroatoms. The second-order valence-electron chi connectivity index (χ2n) is 8.47.